The van der Waals surface area contributed by atoms with Gasteiger partial charge in [-0.2, -0.15) is 0 Å². The second-order valence-electron chi connectivity index (χ2n) is 5.73. The molecule has 0 saturated carbocycles. The van der Waals surface area contributed by atoms with Crippen LogP contribution in [0, 0.1) is 0 Å². The Morgan fingerprint density at radius 2 is 1.62 bits per heavy atom. The number of para-hydroxylation sites is 1. The maximum atomic E-state index is 10.4. The molecule has 0 spiro atoms. The molecule has 0 aliphatic carbocycles. The monoisotopic (exact) mass is 287 g/mol. The van der Waals surface area contributed by atoms with Crippen molar-refractivity contribution in [1.29, 1.82) is 0 Å². The molecule has 0 bridgehead atoms. The van der Waals surface area contributed by atoms with Gasteiger partial charge >= 0.3 is 5.97 Å². The van der Waals surface area contributed by atoms with E-state index >= 15 is 0 Å². The Labute approximate surface area is 126 Å². The summed E-state index contributed by atoms with van der Waals surface area (Å²) in [4.78, 5) is 13.7. The first-order valence-corrected chi connectivity index (χ1v) is 8.04. The molecule has 1 aromatic carbocycles. The number of fused-ring (bicyclic) bond motifs is 1. The Bertz CT molecular complexity index is 559. The minimum atomic E-state index is -0.672. The first-order chi connectivity index (χ1) is 10.3. The molecule has 0 radical (unpaired) electrons. The van der Waals surface area contributed by atoms with E-state index in [0.717, 1.165) is 19.3 Å². The summed E-state index contributed by atoms with van der Waals surface area (Å²) < 4.78 is 0. The van der Waals surface area contributed by atoms with Crippen LogP contribution in [0.15, 0.2) is 30.5 Å². The number of hydrogen-bond acceptors (Lipinski definition) is 1. The van der Waals surface area contributed by atoms with Crippen molar-refractivity contribution in [3.63, 3.8) is 0 Å². The Morgan fingerprint density at radius 3 is 2.38 bits per heavy atom. The van der Waals surface area contributed by atoms with Crippen LogP contribution in [-0.2, 0) is 11.2 Å². The van der Waals surface area contributed by atoms with Crippen LogP contribution in [0.2, 0.25) is 0 Å². The van der Waals surface area contributed by atoms with Gasteiger partial charge in [-0.15, -0.1) is 0 Å². The molecular formula is C18H25NO2. The number of carbonyl (C=O) groups is 1. The second kappa shape index (κ2) is 8.50. The molecule has 0 saturated heterocycles. The second-order valence-corrected chi connectivity index (χ2v) is 5.73. The summed E-state index contributed by atoms with van der Waals surface area (Å²) in [7, 11) is 0. The van der Waals surface area contributed by atoms with Crippen molar-refractivity contribution >= 4 is 16.9 Å². The van der Waals surface area contributed by atoms with E-state index in [1.165, 1.54) is 48.6 Å². The van der Waals surface area contributed by atoms with Gasteiger partial charge in [-0.3, -0.25) is 4.79 Å². The van der Waals surface area contributed by atoms with Gasteiger partial charge in [-0.05, 0) is 30.9 Å². The number of aliphatic carboxylic acids is 1. The van der Waals surface area contributed by atoms with Crippen LogP contribution >= 0.6 is 0 Å². The summed E-state index contributed by atoms with van der Waals surface area (Å²) in [5, 5.41) is 9.90. The highest BCUT2D eigenvalue weighted by Gasteiger charge is 2.02. The lowest BCUT2D eigenvalue weighted by Gasteiger charge is -2.02. The SMILES string of the molecule is O=C(O)CCCCCCCCCc1c[nH]c2ccccc12. The van der Waals surface area contributed by atoms with Crippen molar-refractivity contribution in [3.8, 4) is 0 Å². The zero-order valence-electron chi connectivity index (χ0n) is 12.6. The largest absolute Gasteiger partial charge is 0.481 e. The van der Waals surface area contributed by atoms with Crippen molar-refractivity contribution in [3.05, 3.63) is 36.0 Å². The number of carboxylic acids is 1. The number of benzene rings is 1. The molecule has 21 heavy (non-hydrogen) atoms. The van der Waals surface area contributed by atoms with Gasteiger partial charge in [0.1, 0.15) is 0 Å². The molecule has 0 amide bonds. The third-order valence-corrected chi connectivity index (χ3v) is 4.01. The molecule has 0 unspecified atom stereocenters. The van der Waals surface area contributed by atoms with E-state index in [1.807, 2.05) is 0 Å². The minimum Gasteiger partial charge on any atom is -0.481 e. The molecule has 3 nitrogen and oxygen atoms in total. The zero-order valence-corrected chi connectivity index (χ0v) is 12.6. The van der Waals surface area contributed by atoms with Crippen molar-refractivity contribution in [1.82, 2.24) is 4.98 Å². The highest BCUT2D eigenvalue weighted by Crippen LogP contribution is 2.20. The molecule has 0 aliphatic heterocycles. The average molecular weight is 287 g/mol. The Morgan fingerprint density at radius 1 is 0.952 bits per heavy atom. The molecular weight excluding hydrogens is 262 g/mol. The molecule has 1 aromatic heterocycles. The summed E-state index contributed by atoms with van der Waals surface area (Å²) in [5.74, 6) is -0.672. The third kappa shape index (κ3) is 5.25. The van der Waals surface area contributed by atoms with E-state index in [2.05, 4.69) is 35.4 Å². The van der Waals surface area contributed by atoms with Gasteiger partial charge in [-0.25, -0.2) is 0 Å². The molecule has 2 rings (SSSR count). The van der Waals surface area contributed by atoms with Gasteiger partial charge in [0.25, 0.3) is 0 Å². The van der Waals surface area contributed by atoms with E-state index in [9.17, 15) is 4.79 Å². The van der Waals surface area contributed by atoms with E-state index in [0.29, 0.717) is 6.42 Å². The van der Waals surface area contributed by atoms with Crippen LogP contribution in [0.1, 0.15) is 56.9 Å². The molecule has 0 atom stereocenters. The number of aromatic nitrogens is 1. The lowest BCUT2D eigenvalue weighted by molar-refractivity contribution is -0.137. The van der Waals surface area contributed by atoms with Crippen LogP contribution < -0.4 is 0 Å². The fraction of sp³-hybridized carbons (Fsp3) is 0.500. The van der Waals surface area contributed by atoms with Gasteiger partial charge in [0.05, 0.1) is 0 Å². The maximum Gasteiger partial charge on any atom is 0.303 e. The highest BCUT2D eigenvalue weighted by molar-refractivity contribution is 5.82. The van der Waals surface area contributed by atoms with Crippen LogP contribution in [0.5, 0.6) is 0 Å². The summed E-state index contributed by atoms with van der Waals surface area (Å²) in [6, 6.07) is 8.46. The Kier molecular flexibility index (Phi) is 6.32. The molecule has 0 aliphatic rings. The average Bonchev–Trinajstić information content (AvgIpc) is 2.88. The van der Waals surface area contributed by atoms with E-state index < -0.39 is 5.97 Å². The van der Waals surface area contributed by atoms with E-state index in [1.54, 1.807) is 0 Å². The Balaban J connectivity index is 1.55. The highest BCUT2D eigenvalue weighted by atomic mass is 16.4. The van der Waals surface area contributed by atoms with Crippen molar-refractivity contribution in [2.75, 3.05) is 0 Å². The van der Waals surface area contributed by atoms with E-state index in [4.69, 9.17) is 5.11 Å². The predicted molar refractivity (Wildman–Crippen MR) is 86.6 cm³/mol. The van der Waals surface area contributed by atoms with Gasteiger partial charge < -0.3 is 10.1 Å². The molecule has 2 N–H and O–H groups in total. The fourth-order valence-corrected chi connectivity index (χ4v) is 2.81. The number of carboxylic acid groups (broad SMARTS) is 1. The maximum absolute atomic E-state index is 10.4. The van der Waals surface area contributed by atoms with Crippen LogP contribution in [0.4, 0.5) is 0 Å². The van der Waals surface area contributed by atoms with Crippen LogP contribution in [-0.4, -0.2) is 16.1 Å². The molecule has 1 heterocycles. The first-order valence-electron chi connectivity index (χ1n) is 8.04. The number of hydrogen-bond donors (Lipinski definition) is 2. The zero-order chi connectivity index (χ0) is 14.9. The number of rotatable bonds is 10. The first kappa shape index (κ1) is 15.6. The summed E-state index contributed by atoms with van der Waals surface area (Å²) in [6.45, 7) is 0. The predicted octanol–water partition coefficient (Wildman–Crippen LogP) is 4.92. The lowest BCUT2D eigenvalue weighted by Crippen LogP contribution is -1.93. The number of H-pyrrole nitrogens is 1. The van der Waals surface area contributed by atoms with Gasteiger partial charge in [0.2, 0.25) is 0 Å². The van der Waals surface area contributed by atoms with Gasteiger partial charge in [-0.1, -0.05) is 50.3 Å². The number of unbranched alkanes of at least 4 members (excludes halogenated alkanes) is 6. The van der Waals surface area contributed by atoms with Crippen molar-refractivity contribution < 1.29 is 9.90 Å². The molecule has 0 fully saturated rings. The lowest BCUT2D eigenvalue weighted by atomic mass is 10.0. The fourth-order valence-electron chi connectivity index (χ4n) is 2.81. The van der Waals surface area contributed by atoms with Crippen molar-refractivity contribution in [2.24, 2.45) is 0 Å². The molecule has 2 aromatic rings. The summed E-state index contributed by atoms with van der Waals surface area (Å²) >= 11 is 0. The number of aromatic amines is 1. The number of aryl methyl sites for hydroxylation is 1. The third-order valence-electron chi connectivity index (χ3n) is 4.01. The van der Waals surface area contributed by atoms with E-state index in [-0.39, 0.29) is 0 Å². The van der Waals surface area contributed by atoms with Crippen LogP contribution in [0.3, 0.4) is 0 Å². The topological polar surface area (TPSA) is 53.1 Å². The molecule has 3 heteroatoms. The van der Waals surface area contributed by atoms with Gasteiger partial charge in [0, 0.05) is 23.5 Å². The Hall–Kier alpha value is -1.77. The number of nitrogens with one attached hydrogen (secondary N) is 1. The summed E-state index contributed by atoms with van der Waals surface area (Å²) in [6.07, 6.45) is 11.6. The minimum absolute atomic E-state index is 0.320. The van der Waals surface area contributed by atoms with Crippen molar-refractivity contribution in [2.45, 2.75) is 57.8 Å². The van der Waals surface area contributed by atoms with Crippen LogP contribution in [0.25, 0.3) is 10.9 Å². The summed E-state index contributed by atoms with van der Waals surface area (Å²) in [5.41, 5.74) is 2.65. The standard InChI is InChI=1S/C18H25NO2/c20-18(21)13-7-5-3-1-2-4-6-10-15-14-19-17-12-9-8-11-16(15)17/h8-9,11-12,14,19H,1-7,10,13H2,(H,20,21). The molecule has 114 valence electrons. The normalized spacial score (nSPS) is 11.0. The van der Waals surface area contributed by atoms with Gasteiger partial charge in [0.15, 0.2) is 0 Å². The smallest absolute Gasteiger partial charge is 0.303 e. The quantitative estimate of drug-likeness (QED) is 0.610.